The summed E-state index contributed by atoms with van der Waals surface area (Å²) in [6.07, 6.45) is 3.98. The Morgan fingerprint density at radius 1 is 1.14 bits per heavy atom. The Bertz CT molecular complexity index is 1000. The molecule has 0 spiro atoms. The molecule has 0 saturated carbocycles. The van der Waals surface area contributed by atoms with E-state index >= 15 is 0 Å². The van der Waals surface area contributed by atoms with Crippen molar-refractivity contribution in [2.45, 2.75) is 24.8 Å². The predicted molar refractivity (Wildman–Crippen MR) is 111 cm³/mol. The molecule has 8 heteroatoms. The van der Waals surface area contributed by atoms with Crippen LogP contribution in [0.5, 0.6) is 0 Å². The van der Waals surface area contributed by atoms with Gasteiger partial charge in [0, 0.05) is 43.0 Å². The fourth-order valence-corrected chi connectivity index (χ4v) is 4.86. The number of thiophene rings is 1. The summed E-state index contributed by atoms with van der Waals surface area (Å²) >= 11 is 1.61. The third-order valence-corrected chi connectivity index (χ3v) is 6.88. The van der Waals surface area contributed by atoms with Crippen molar-refractivity contribution in [3.05, 3.63) is 76.7 Å². The second kappa shape index (κ2) is 9.09. The molecule has 0 radical (unpaired) electrons. The first kappa shape index (κ1) is 20.2. The van der Waals surface area contributed by atoms with Gasteiger partial charge in [0.05, 0.1) is 4.90 Å². The first-order valence-corrected chi connectivity index (χ1v) is 11.1. The first-order chi connectivity index (χ1) is 13.4. The fraction of sp³-hybridized carbons (Fsp3) is 0.200. The second-order valence-electron chi connectivity index (χ2n) is 6.23. The highest BCUT2D eigenvalue weighted by atomic mass is 32.2. The van der Waals surface area contributed by atoms with Crippen molar-refractivity contribution in [1.82, 2.24) is 9.29 Å². The van der Waals surface area contributed by atoms with Gasteiger partial charge in [-0.2, -0.15) is 4.31 Å². The minimum atomic E-state index is -3.70. The number of anilines is 1. The molecule has 0 atom stereocenters. The standard InChI is InChI=1S/C20H21N3O3S2/c1-16(24)22-18-6-8-20(9-7-18)28(25,26)23(12-10-19-5-3-13-27-19)15-17-4-2-11-21-14-17/h2-9,11,13-14H,10,12,15H2,1H3,(H,22,24). The largest absolute Gasteiger partial charge is 0.326 e. The number of nitrogens with zero attached hydrogens (tertiary/aromatic N) is 2. The van der Waals surface area contributed by atoms with E-state index in [0.29, 0.717) is 18.7 Å². The topological polar surface area (TPSA) is 79.4 Å². The molecule has 0 saturated heterocycles. The number of amides is 1. The molecule has 1 amide bonds. The first-order valence-electron chi connectivity index (χ1n) is 8.74. The van der Waals surface area contributed by atoms with Gasteiger partial charge in [-0.3, -0.25) is 9.78 Å². The minimum absolute atomic E-state index is 0.191. The van der Waals surface area contributed by atoms with Crippen LogP contribution in [0.2, 0.25) is 0 Å². The normalized spacial score (nSPS) is 11.5. The third-order valence-electron chi connectivity index (χ3n) is 4.08. The summed E-state index contributed by atoms with van der Waals surface area (Å²) in [6, 6.07) is 13.8. The zero-order chi connectivity index (χ0) is 20.0. The van der Waals surface area contributed by atoms with Crippen molar-refractivity contribution in [3.63, 3.8) is 0 Å². The Morgan fingerprint density at radius 3 is 2.54 bits per heavy atom. The number of rotatable bonds is 8. The molecule has 6 nitrogen and oxygen atoms in total. The maximum Gasteiger partial charge on any atom is 0.243 e. The van der Waals surface area contributed by atoms with E-state index in [2.05, 4.69) is 10.3 Å². The lowest BCUT2D eigenvalue weighted by Crippen LogP contribution is -2.32. The van der Waals surface area contributed by atoms with Gasteiger partial charge in [-0.25, -0.2) is 8.42 Å². The van der Waals surface area contributed by atoms with Crippen molar-refractivity contribution < 1.29 is 13.2 Å². The van der Waals surface area contributed by atoms with E-state index in [4.69, 9.17) is 0 Å². The van der Waals surface area contributed by atoms with E-state index in [9.17, 15) is 13.2 Å². The molecule has 2 aromatic heterocycles. The van der Waals surface area contributed by atoms with E-state index in [1.807, 2.05) is 23.6 Å². The molecule has 0 unspecified atom stereocenters. The molecule has 0 aliphatic heterocycles. The van der Waals surface area contributed by atoms with Gasteiger partial charge >= 0.3 is 0 Å². The van der Waals surface area contributed by atoms with Crippen molar-refractivity contribution in [2.75, 3.05) is 11.9 Å². The van der Waals surface area contributed by atoms with Crippen LogP contribution in [0.1, 0.15) is 17.4 Å². The molecule has 0 bridgehead atoms. The van der Waals surface area contributed by atoms with Crippen LogP contribution in [0.3, 0.4) is 0 Å². The van der Waals surface area contributed by atoms with E-state index in [1.54, 1.807) is 41.9 Å². The SMILES string of the molecule is CC(=O)Nc1ccc(S(=O)(=O)N(CCc2cccs2)Cc2cccnc2)cc1. The Morgan fingerprint density at radius 2 is 1.93 bits per heavy atom. The number of carbonyl (C=O) groups excluding carboxylic acids is 1. The quantitative estimate of drug-likeness (QED) is 0.610. The molecule has 1 aromatic carbocycles. The zero-order valence-corrected chi connectivity index (χ0v) is 17.0. The number of carbonyl (C=O) groups is 1. The maximum absolute atomic E-state index is 13.3. The molecule has 0 fully saturated rings. The number of sulfonamides is 1. The van der Waals surface area contributed by atoms with Crippen LogP contribution in [-0.4, -0.2) is 30.2 Å². The molecule has 0 aliphatic rings. The highest BCUT2D eigenvalue weighted by Crippen LogP contribution is 2.21. The van der Waals surface area contributed by atoms with Gasteiger partial charge < -0.3 is 5.32 Å². The van der Waals surface area contributed by atoms with Crippen LogP contribution >= 0.6 is 11.3 Å². The van der Waals surface area contributed by atoms with Crippen LogP contribution in [-0.2, 0) is 27.8 Å². The van der Waals surface area contributed by atoms with Gasteiger partial charge in [0.15, 0.2) is 0 Å². The van der Waals surface area contributed by atoms with Crippen molar-refractivity contribution >= 4 is 33.0 Å². The molecular weight excluding hydrogens is 394 g/mol. The summed E-state index contributed by atoms with van der Waals surface area (Å²) in [7, 11) is -3.70. The third kappa shape index (κ3) is 5.25. The molecule has 3 aromatic rings. The molecule has 3 rings (SSSR count). The van der Waals surface area contributed by atoms with Crippen molar-refractivity contribution in [2.24, 2.45) is 0 Å². The minimum Gasteiger partial charge on any atom is -0.326 e. The number of nitrogens with one attached hydrogen (secondary N) is 1. The average molecular weight is 416 g/mol. The molecule has 146 valence electrons. The lowest BCUT2D eigenvalue weighted by Gasteiger charge is -2.22. The Hall–Kier alpha value is -2.55. The monoisotopic (exact) mass is 415 g/mol. The average Bonchev–Trinajstić information content (AvgIpc) is 3.19. The van der Waals surface area contributed by atoms with Gasteiger partial charge in [0.2, 0.25) is 15.9 Å². The second-order valence-corrected chi connectivity index (χ2v) is 9.20. The Labute approximate surface area is 168 Å². The smallest absolute Gasteiger partial charge is 0.243 e. The lowest BCUT2D eigenvalue weighted by atomic mass is 10.3. The Balaban J connectivity index is 1.84. The predicted octanol–water partition coefficient (Wildman–Crippen LogP) is 3.54. The van der Waals surface area contributed by atoms with Crippen LogP contribution in [0.25, 0.3) is 0 Å². The van der Waals surface area contributed by atoms with Gasteiger partial charge in [0.1, 0.15) is 0 Å². The van der Waals surface area contributed by atoms with Gasteiger partial charge in [-0.15, -0.1) is 11.3 Å². The van der Waals surface area contributed by atoms with Crippen molar-refractivity contribution in [3.8, 4) is 0 Å². The highest BCUT2D eigenvalue weighted by molar-refractivity contribution is 7.89. The van der Waals surface area contributed by atoms with E-state index in [1.165, 1.54) is 23.4 Å². The molecular formula is C20H21N3O3S2. The van der Waals surface area contributed by atoms with Crippen LogP contribution < -0.4 is 5.32 Å². The van der Waals surface area contributed by atoms with Gasteiger partial charge in [0.25, 0.3) is 0 Å². The van der Waals surface area contributed by atoms with Gasteiger partial charge in [-0.05, 0) is 53.8 Å². The number of pyridine rings is 1. The summed E-state index contributed by atoms with van der Waals surface area (Å²) in [6.45, 7) is 2.02. The number of aromatic nitrogens is 1. The molecule has 28 heavy (non-hydrogen) atoms. The number of hydrogen-bond donors (Lipinski definition) is 1. The van der Waals surface area contributed by atoms with Crippen LogP contribution in [0.15, 0.2) is 71.2 Å². The van der Waals surface area contributed by atoms with Crippen LogP contribution in [0.4, 0.5) is 5.69 Å². The summed E-state index contributed by atoms with van der Waals surface area (Å²) in [5, 5.41) is 4.62. The van der Waals surface area contributed by atoms with Crippen molar-refractivity contribution in [1.29, 1.82) is 0 Å². The van der Waals surface area contributed by atoms with E-state index in [0.717, 1.165) is 10.4 Å². The highest BCUT2D eigenvalue weighted by Gasteiger charge is 2.24. The molecule has 1 N–H and O–H groups in total. The summed E-state index contributed by atoms with van der Waals surface area (Å²) in [5.41, 5.74) is 1.39. The summed E-state index contributed by atoms with van der Waals surface area (Å²) < 4.78 is 28.0. The maximum atomic E-state index is 13.3. The summed E-state index contributed by atoms with van der Waals surface area (Å²) in [4.78, 5) is 16.6. The number of benzene rings is 1. The molecule has 0 aliphatic carbocycles. The Kier molecular flexibility index (Phi) is 6.56. The van der Waals surface area contributed by atoms with Gasteiger partial charge in [-0.1, -0.05) is 12.1 Å². The fourth-order valence-electron chi connectivity index (χ4n) is 2.73. The molecule has 2 heterocycles. The van der Waals surface area contributed by atoms with E-state index < -0.39 is 10.0 Å². The summed E-state index contributed by atoms with van der Waals surface area (Å²) in [5.74, 6) is -0.204. The van der Waals surface area contributed by atoms with E-state index in [-0.39, 0.29) is 17.3 Å². The zero-order valence-electron chi connectivity index (χ0n) is 15.4. The van der Waals surface area contributed by atoms with Crippen LogP contribution in [0, 0.1) is 0 Å². The lowest BCUT2D eigenvalue weighted by molar-refractivity contribution is -0.114. The number of hydrogen-bond acceptors (Lipinski definition) is 5.